The fraction of sp³-hybridized carbons (Fsp3) is 0.381. The maximum absolute atomic E-state index is 14.4. The van der Waals surface area contributed by atoms with Gasteiger partial charge in [0.25, 0.3) is 0 Å². The zero-order valence-corrected chi connectivity index (χ0v) is 17.7. The lowest BCUT2D eigenvalue weighted by atomic mass is 10.0. The van der Waals surface area contributed by atoms with E-state index < -0.39 is 6.04 Å². The number of rotatable bonds is 5. The minimum Gasteiger partial charge on any atom is -0.379 e. The maximum atomic E-state index is 14.4. The van der Waals surface area contributed by atoms with Gasteiger partial charge in [-0.25, -0.2) is 4.39 Å². The van der Waals surface area contributed by atoms with Crippen molar-refractivity contribution in [2.45, 2.75) is 25.7 Å². The Balaban J connectivity index is 0.00000150. The molecule has 0 aliphatic carbocycles. The molecule has 5 nitrogen and oxygen atoms in total. The molecule has 1 saturated heterocycles. The number of amides is 1. The summed E-state index contributed by atoms with van der Waals surface area (Å²) in [4.78, 5) is 15.0. The lowest BCUT2D eigenvalue weighted by Gasteiger charge is -2.34. The Morgan fingerprint density at radius 1 is 1.10 bits per heavy atom. The van der Waals surface area contributed by atoms with Gasteiger partial charge in [-0.05, 0) is 22.8 Å². The summed E-state index contributed by atoms with van der Waals surface area (Å²) in [5, 5.41) is 6.33. The summed E-state index contributed by atoms with van der Waals surface area (Å²) in [6, 6.07) is 12.1. The van der Waals surface area contributed by atoms with Crippen molar-refractivity contribution in [2.75, 3.05) is 26.3 Å². The van der Waals surface area contributed by atoms with Gasteiger partial charge in [0.05, 0.1) is 13.2 Å². The van der Waals surface area contributed by atoms with Crippen LogP contribution in [0.15, 0.2) is 42.5 Å². The van der Waals surface area contributed by atoms with E-state index in [1.807, 2.05) is 11.0 Å². The van der Waals surface area contributed by atoms with Crippen LogP contribution in [0.5, 0.6) is 0 Å². The van der Waals surface area contributed by atoms with Gasteiger partial charge in [0, 0.05) is 38.3 Å². The van der Waals surface area contributed by atoms with Crippen molar-refractivity contribution in [3.8, 4) is 0 Å². The molecular formula is C21H26Cl2FN3O2. The van der Waals surface area contributed by atoms with Crippen molar-refractivity contribution in [3.05, 3.63) is 70.5 Å². The van der Waals surface area contributed by atoms with Crippen molar-refractivity contribution < 1.29 is 13.9 Å². The number of fused-ring (bicyclic) bond motifs is 1. The van der Waals surface area contributed by atoms with Crippen LogP contribution in [0, 0.1) is 5.82 Å². The van der Waals surface area contributed by atoms with Gasteiger partial charge in [-0.3, -0.25) is 9.69 Å². The molecule has 1 unspecified atom stereocenters. The van der Waals surface area contributed by atoms with Crippen molar-refractivity contribution in [1.82, 2.24) is 15.5 Å². The normalized spacial score (nSPS) is 16.9. The van der Waals surface area contributed by atoms with Gasteiger partial charge in [-0.1, -0.05) is 36.4 Å². The summed E-state index contributed by atoms with van der Waals surface area (Å²) in [6.07, 6.45) is 0. The van der Waals surface area contributed by atoms with Crippen LogP contribution in [-0.2, 0) is 29.2 Å². The van der Waals surface area contributed by atoms with Crippen LogP contribution >= 0.6 is 24.8 Å². The van der Waals surface area contributed by atoms with Gasteiger partial charge < -0.3 is 15.4 Å². The van der Waals surface area contributed by atoms with E-state index >= 15 is 0 Å². The SMILES string of the molecule is Cl.Cl.O=C(NCc1ccc2c(c1)CNC2)C(c1ccccc1F)N1CCOCC1. The molecule has 0 radical (unpaired) electrons. The Bertz CT molecular complexity index is 831. The molecular weight excluding hydrogens is 416 g/mol. The van der Waals surface area contributed by atoms with E-state index in [2.05, 4.69) is 22.8 Å². The molecule has 2 aliphatic rings. The number of ether oxygens (including phenoxy) is 1. The largest absolute Gasteiger partial charge is 0.379 e. The zero-order chi connectivity index (χ0) is 18.6. The molecule has 0 bridgehead atoms. The second kappa shape index (κ2) is 10.9. The highest BCUT2D eigenvalue weighted by Gasteiger charge is 2.30. The lowest BCUT2D eigenvalue weighted by molar-refractivity contribution is -0.128. The summed E-state index contributed by atoms with van der Waals surface area (Å²) in [7, 11) is 0. The van der Waals surface area contributed by atoms with Crippen molar-refractivity contribution in [2.24, 2.45) is 0 Å². The summed E-state index contributed by atoms with van der Waals surface area (Å²) in [5.41, 5.74) is 4.05. The van der Waals surface area contributed by atoms with Crippen LogP contribution in [0.25, 0.3) is 0 Å². The van der Waals surface area contributed by atoms with Gasteiger partial charge in [0.1, 0.15) is 11.9 Å². The second-order valence-corrected chi connectivity index (χ2v) is 7.00. The van der Waals surface area contributed by atoms with Crippen LogP contribution in [-0.4, -0.2) is 37.1 Å². The fourth-order valence-electron chi connectivity index (χ4n) is 3.78. The number of morpholine rings is 1. The maximum Gasteiger partial charge on any atom is 0.242 e. The highest BCUT2D eigenvalue weighted by Crippen LogP contribution is 2.25. The standard InChI is InChI=1S/C21H24FN3O2.2ClH/c22-19-4-2-1-3-18(19)20(25-7-9-27-10-8-25)21(26)24-12-15-5-6-16-13-23-14-17(16)11-15;;/h1-6,11,20,23H,7-10,12-14H2,(H,24,26);2*1H. The van der Waals surface area contributed by atoms with Gasteiger partial charge in [-0.15, -0.1) is 24.8 Å². The lowest BCUT2D eigenvalue weighted by Crippen LogP contribution is -2.46. The summed E-state index contributed by atoms with van der Waals surface area (Å²) in [6.45, 7) is 4.51. The number of nitrogens with zero attached hydrogens (tertiary/aromatic N) is 1. The second-order valence-electron chi connectivity index (χ2n) is 7.00. The molecule has 1 atom stereocenters. The molecule has 158 valence electrons. The average molecular weight is 442 g/mol. The van der Waals surface area contributed by atoms with E-state index in [9.17, 15) is 9.18 Å². The van der Waals surface area contributed by atoms with Crippen LogP contribution in [0.4, 0.5) is 4.39 Å². The molecule has 2 aliphatic heterocycles. The predicted octanol–water partition coefficient (Wildman–Crippen LogP) is 2.96. The van der Waals surface area contributed by atoms with E-state index in [0.717, 1.165) is 18.7 Å². The van der Waals surface area contributed by atoms with Gasteiger partial charge in [0.15, 0.2) is 0 Å². The molecule has 2 N–H and O–H groups in total. The number of hydrogen-bond acceptors (Lipinski definition) is 4. The molecule has 0 saturated carbocycles. The molecule has 2 aromatic rings. The summed E-state index contributed by atoms with van der Waals surface area (Å²) >= 11 is 0. The highest BCUT2D eigenvalue weighted by atomic mass is 35.5. The summed E-state index contributed by atoms with van der Waals surface area (Å²) < 4.78 is 19.8. The number of carbonyl (C=O) groups excluding carboxylic acids is 1. The number of nitrogens with one attached hydrogen (secondary N) is 2. The van der Waals surface area contributed by atoms with E-state index in [0.29, 0.717) is 38.4 Å². The third-order valence-electron chi connectivity index (χ3n) is 5.23. The van der Waals surface area contributed by atoms with E-state index in [1.165, 1.54) is 17.2 Å². The Kier molecular flexibility index (Phi) is 8.86. The Morgan fingerprint density at radius 2 is 1.83 bits per heavy atom. The topological polar surface area (TPSA) is 53.6 Å². The summed E-state index contributed by atoms with van der Waals surface area (Å²) in [5.74, 6) is -0.534. The molecule has 2 aromatic carbocycles. The first-order chi connectivity index (χ1) is 13.2. The number of halogens is 3. The minimum atomic E-state index is -0.647. The molecule has 2 heterocycles. The van der Waals surface area contributed by atoms with Crippen LogP contribution in [0.3, 0.4) is 0 Å². The van der Waals surface area contributed by atoms with Crippen molar-refractivity contribution in [1.29, 1.82) is 0 Å². The Morgan fingerprint density at radius 3 is 2.59 bits per heavy atom. The monoisotopic (exact) mass is 441 g/mol. The number of carbonyl (C=O) groups is 1. The first-order valence-corrected chi connectivity index (χ1v) is 9.38. The first kappa shape index (κ1) is 23.6. The molecule has 1 amide bonds. The molecule has 8 heteroatoms. The molecule has 1 fully saturated rings. The molecule has 0 spiro atoms. The highest BCUT2D eigenvalue weighted by molar-refractivity contribution is 5.85. The van der Waals surface area contributed by atoms with Crippen LogP contribution in [0.1, 0.15) is 28.3 Å². The predicted molar refractivity (Wildman–Crippen MR) is 115 cm³/mol. The fourth-order valence-corrected chi connectivity index (χ4v) is 3.78. The third kappa shape index (κ3) is 5.47. The van der Waals surface area contributed by atoms with E-state index in [-0.39, 0.29) is 36.5 Å². The van der Waals surface area contributed by atoms with E-state index in [4.69, 9.17) is 4.74 Å². The quantitative estimate of drug-likeness (QED) is 0.748. The minimum absolute atomic E-state index is 0. The van der Waals surface area contributed by atoms with Gasteiger partial charge in [0.2, 0.25) is 5.91 Å². The van der Waals surface area contributed by atoms with E-state index in [1.54, 1.807) is 18.2 Å². The van der Waals surface area contributed by atoms with Gasteiger partial charge in [-0.2, -0.15) is 0 Å². The molecule has 29 heavy (non-hydrogen) atoms. The smallest absolute Gasteiger partial charge is 0.242 e. The van der Waals surface area contributed by atoms with Crippen LogP contribution in [0.2, 0.25) is 0 Å². The molecule has 0 aromatic heterocycles. The number of benzene rings is 2. The van der Waals surface area contributed by atoms with Crippen molar-refractivity contribution >= 4 is 30.7 Å². The van der Waals surface area contributed by atoms with Crippen LogP contribution < -0.4 is 10.6 Å². The first-order valence-electron chi connectivity index (χ1n) is 9.38. The zero-order valence-electron chi connectivity index (χ0n) is 16.0. The van der Waals surface area contributed by atoms with Crippen molar-refractivity contribution in [3.63, 3.8) is 0 Å². The molecule has 4 rings (SSSR count). The van der Waals surface area contributed by atoms with Gasteiger partial charge >= 0.3 is 0 Å². The average Bonchev–Trinajstić information content (AvgIpc) is 3.17. The Hall–Kier alpha value is -1.70. The Labute approximate surface area is 182 Å². The third-order valence-corrected chi connectivity index (χ3v) is 5.23. The number of hydrogen-bond donors (Lipinski definition) is 2.